The van der Waals surface area contributed by atoms with Gasteiger partial charge < -0.3 is 4.57 Å². The van der Waals surface area contributed by atoms with Crippen LogP contribution in [-0.2, 0) is 23.0 Å². The van der Waals surface area contributed by atoms with E-state index in [0.29, 0.717) is 6.54 Å². The van der Waals surface area contributed by atoms with Crippen LogP contribution in [0, 0.1) is 0 Å². The smallest absolute Gasteiger partial charge is 0.215 e. The molecule has 0 saturated carbocycles. The van der Waals surface area contributed by atoms with Crippen molar-refractivity contribution in [3.63, 3.8) is 0 Å². The zero-order chi connectivity index (χ0) is 12.7. The number of hydrogen-bond acceptors (Lipinski definition) is 3. The Labute approximate surface area is 103 Å². The molecule has 0 radical (unpaired) electrons. The van der Waals surface area contributed by atoms with E-state index in [1.807, 2.05) is 17.7 Å². The molecule has 0 atom stereocenters. The lowest BCUT2D eigenvalue weighted by atomic mass is 10.4. The van der Waals surface area contributed by atoms with E-state index in [1.165, 1.54) is 6.08 Å². The van der Waals surface area contributed by atoms with Crippen LogP contribution >= 0.6 is 0 Å². The van der Waals surface area contributed by atoms with Crippen molar-refractivity contribution in [3.05, 3.63) is 30.9 Å². The summed E-state index contributed by atoms with van der Waals surface area (Å²) < 4.78 is 27.2. The largest absolute Gasteiger partial charge is 0.335 e. The van der Waals surface area contributed by atoms with Crippen LogP contribution in [0.5, 0.6) is 0 Å². The van der Waals surface area contributed by atoms with Crippen LogP contribution in [0.3, 0.4) is 0 Å². The lowest BCUT2D eigenvalue weighted by Crippen LogP contribution is -2.27. The maximum absolute atomic E-state index is 11.3. The van der Waals surface area contributed by atoms with Crippen LogP contribution in [0.15, 0.2) is 25.0 Å². The summed E-state index contributed by atoms with van der Waals surface area (Å²) >= 11 is 0. The van der Waals surface area contributed by atoms with Crippen LogP contribution in [-0.4, -0.2) is 30.3 Å². The van der Waals surface area contributed by atoms with Gasteiger partial charge in [0.2, 0.25) is 10.0 Å². The second-order valence-corrected chi connectivity index (χ2v) is 5.56. The molecule has 96 valence electrons. The minimum atomic E-state index is -3.18. The monoisotopic (exact) mass is 257 g/mol. The third-order valence-electron chi connectivity index (χ3n) is 2.35. The first-order chi connectivity index (χ1) is 8.09. The van der Waals surface area contributed by atoms with Crippen LogP contribution in [0.4, 0.5) is 0 Å². The zero-order valence-corrected chi connectivity index (χ0v) is 10.9. The maximum atomic E-state index is 11.3. The number of aromatic nitrogens is 2. The molecule has 0 amide bonds. The molecule has 0 saturated heterocycles. The van der Waals surface area contributed by atoms with E-state index in [-0.39, 0.29) is 5.75 Å². The first kappa shape index (κ1) is 13.9. The Morgan fingerprint density at radius 2 is 2.35 bits per heavy atom. The van der Waals surface area contributed by atoms with E-state index in [9.17, 15) is 8.42 Å². The summed E-state index contributed by atoms with van der Waals surface area (Å²) in [4.78, 5) is 4.20. The van der Waals surface area contributed by atoms with Crippen LogP contribution in [0.1, 0.15) is 19.2 Å². The Morgan fingerprint density at radius 3 is 3.00 bits per heavy atom. The molecule has 0 aliphatic rings. The normalized spacial score (nSPS) is 11.6. The van der Waals surface area contributed by atoms with Gasteiger partial charge in [-0.25, -0.2) is 18.1 Å². The highest BCUT2D eigenvalue weighted by Gasteiger charge is 2.06. The first-order valence-corrected chi connectivity index (χ1v) is 7.32. The van der Waals surface area contributed by atoms with E-state index >= 15 is 0 Å². The van der Waals surface area contributed by atoms with Gasteiger partial charge in [-0.3, -0.25) is 0 Å². The molecule has 1 N–H and O–H groups in total. The van der Waals surface area contributed by atoms with Crippen molar-refractivity contribution in [2.45, 2.75) is 26.3 Å². The second-order valence-electron chi connectivity index (χ2n) is 3.71. The van der Waals surface area contributed by atoms with Gasteiger partial charge in [-0.2, -0.15) is 0 Å². The van der Waals surface area contributed by atoms with Gasteiger partial charge in [-0.1, -0.05) is 13.0 Å². The lowest BCUT2D eigenvalue weighted by Gasteiger charge is -2.07. The van der Waals surface area contributed by atoms with Gasteiger partial charge in [0.1, 0.15) is 5.82 Å². The van der Waals surface area contributed by atoms with Crippen molar-refractivity contribution in [2.75, 3.05) is 12.3 Å². The van der Waals surface area contributed by atoms with Gasteiger partial charge in [-0.05, 0) is 6.42 Å². The number of imidazole rings is 1. The average molecular weight is 257 g/mol. The highest BCUT2D eigenvalue weighted by atomic mass is 32.2. The highest BCUT2D eigenvalue weighted by molar-refractivity contribution is 7.89. The molecule has 6 heteroatoms. The average Bonchev–Trinajstić information content (AvgIpc) is 2.71. The molecule has 1 heterocycles. The molecule has 5 nitrogen and oxygen atoms in total. The number of sulfonamides is 1. The molecule has 1 aromatic heterocycles. The SMILES string of the molecule is C=CCS(=O)(=O)NCCCn1ccnc1CC. The predicted octanol–water partition coefficient (Wildman–Crippen LogP) is 0.941. The topological polar surface area (TPSA) is 64.0 Å². The van der Waals surface area contributed by atoms with E-state index in [2.05, 4.69) is 16.3 Å². The Morgan fingerprint density at radius 1 is 1.59 bits per heavy atom. The standard InChI is InChI=1S/C11H19N3O2S/c1-3-10-17(15,16)13-6-5-8-14-9-7-12-11(14)4-2/h3,7,9,13H,1,4-6,8,10H2,2H3. The zero-order valence-electron chi connectivity index (χ0n) is 10.1. The summed E-state index contributed by atoms with van der Waals surface area (Å²) in [6.45, 7) is 6.67. The Hall–Kier alpha value is -1.14. The predicted molar refractivity (Wildman–Crippen MR) is 68.2 cm³/mol. The van der Waals surface area contributed by atoms with Crippen LogP contribution in [0.25, 0.3) is 0 Å². The molecule has 1 rings (SSSR count). The van der Waals surface area contributed by atoms with Gasteiger partial charge in [0.25, 0.3) is 0 Å². The molecule has 0 fully saturated rings. The quantitative estimate of drug-likeness (QED) is 0.557. The molecule has 0 bridgehead atoms. The summed E-state index contributed by atoms with van der Waals surface area (Å²) in [5.41, 5.74) is 0. The van der Waals surface area contributed by atoms with Crippen LogP contribution < -0.4 is 4.72 Å². The molecule has 1 aromatic rings. The van der Waals surface area contributed by atoms with Gasteiger partial charge in [0, 0.05) is 31.9 Å². The van der Waals surface area contributed by atoms with E-state index in [1.54, 1.807) is 6.20 Å². The summed E-state index contributed by atoms with van der Waals surface area (Å²) in [7, 11) is -3.18. The number of hydrogen-bond donors (Lipinski definition) is 1. The number of nitrogens with zero attached hydrogens (tertiary/aromatic N) is 2. The fourth-order valence-electron chi connectivity index (χ4n) is 1.55. The van der Waals surface area contributed by atoms with Crippen molar-refractivity contribution in [2.24, 2.45) is 0 Å². The Kier molecular flexibility index (Phi) is 5.37. The lowest BCUT2D eigenvalue weighted by molar-refractivity contribution is 0.568. The van der Waals surface area contributed by atoms with E-state index in [4.69, 9.17) is 0 Å². The molecule has 0 aliphatic carbocycles. The fraction of sp³-hybridized carbons (Fsp3) is 0.545. The van der Waals surface area contributed by atoms with Crippen molar-refractivity contribution in [3.8, 4) is 0 Å². The van der Waals surface area contributed by atoms with Crippen LogP contribution in [0.2, 0.25) is 0 Å². The summed E-state index contributed by atoms with van der Waals surface area (Å²) in [5, 5.41) is 0. The molecule has 0 aliphatic heterocycles. The van der Waals surface area contributed by atoms with Crippen molar-refractivity contribution < 1.29 is 8.42 Å². The van der Waals surface area contributed by atoms with Gasteiger partial charge in [0.15, 0.2) is 0 Å². The molecule has 17 heavy (non-hydrogen) atoms. The third-order valence-corrected chi connectivity index (χ3v) is 3.67. The molecular weight excluding hydrogens is 238 g/mol. The van der Waals surface area contributed by atoms with Gasteiger partial charge in [0.05, 0.1) is 5.75 Å². The fourth-order valence-corrected chi connectivity index (χ4v) is 2.43. The van der Waals surface area contributed by atoms with E-state index < -0.39 is 10.0 Å². The Bertz CT molecular complexity index is 451. The molecule has 0 spiro atoms. The summed E-state index contributed by atoms with van der Waals surface area (Å²) in [6.07, 6.45) is 6.69. The maximum Gasteiger partial charge on any atom is 0.215 e. The summed E-state index contributed by atoms with van der Waals surface area (Å²) in [5.74, 6) is 0.997. The molecular formula is C11H19N3O2S. The van der Waals surface area contributed by atoms with Crippen molar-refractivity contribution in [1.29, 1.82) is 0 Å². The number of nitrogens with one attached hydrogen (secondary N) is 1. The first-order valence-electron chi connectivity index (χ1n) is 5.67. The third kappa shape index (κ3) is 4.70. The van der Waals surface area contributed by atoms with E-state index in [0.717, 1.165) is 25.2 Å². The highest BCUT2D eigenvalue weighted by Crippen LogP contribution is 1.99. The van der Waals surface area contributed by atoms with Crippen molar-refractivity contribution >= 4 is 10.0 Å². The van der Waals surface area contributed by atoms with Gasteiger partial charge >= 0.3 is 0 Å². The second kappa shape index (κ2) is 6.56. The van der Waals surface area contributed by atoms with Gasteiger partial charge in [-0.15, -0.1) is 6.58 Å². The van der Waals surface area contributed by atoms with Crippen molar-refractivity contribution in [1.82, 2.24) is 14.3 Å². The molecule has 0 unspecified atom stereocenters. The Balaban J connectivity index is 2.32. The number of aryl methyl sites for hydroxylation is 2. The minimum absolute atomic E-state index is 0.0295. The minimum Gasteiger partial charge on any atom is -0.335 e. The molecule has 0 aromatic carbocycles. The number of rotatable bonds is 8. The summed E-state index contributed by atoms with van der Waals surface area (Å²) in [6, 6.07) is 0.